The highest BCUT2D eigenvalue weighted by molar-refractivity contribution is 7.10. The summed E-state index contributed by atoms with van der Waals surface area (Å²) in [7, 11) is 0. The molecular weight excluding hydrogens is 350 g/mol. The summed E-state index contributed by atoms with van der Waals surface area (Å²) in [4.78, 5) is 10.6. The van der Waals surface area contributed by atoms with Crippen molar-refractivity contribution in [2.75, 3.05) is 0 Å². The van der Waals surface area contributed by atoms with Crippen LogP contribution in [0.1, 0.15) is 16.8 Å². The molecule has 3 rings (SSSR count). The molecule has 0 aliphatic heterocycles. The SMILES string of the molecule is O=[N+]([O-])c1ccc(OCc2nnsc2Cl)c(Cc2ccccc2)c1. The molecular formula is C16H12ClN3O3S. The van der Waals surface area contributed by atoms with Gasteiger partial charge in [-0.15, -0.1) is 5.10 Å². The summed E-state index contributed by atoms with van der Waals surface area (Å²) in [6.07, 6.45) is 0.529. The van der Waals surface area contributed by atoms with Gasteiger partial charge in [-0.1, -0.05) is 46.4 Å². The molecule has 0 atom stereocenters. The van der Waals surface area contributed by atoms with E-state index in [1.807, 2.05) is 30.3 Å². The van der Waals surface area contributed by atoms with Crippen LogP contribution in [-0.2, 0) is 13.0 Å². The van der Waals surface area contributed by atoms with Gasteiger partial charge in [0.25, 0.3) is 5.69 Å². The van der Waals surface area contributed by atoms with E-state index in [0.29, 0.717) is 22.2 Å². The van der Waals surface area contributed by atoms with Crippen LogP contribution < -0.4 is 4.74 Å². The third kappa shape index (κ3) is 3.87. The number of nitrogens with zero attached hydrogens (tertiary/aromatic N) is 3. The molecule has 0 saturated carbocycles. The number of hydrogen-bond acceptors (Lipinski definition) is 6. The summed E-state index contributed by atoms with van der Waals surface area (Å²) in [5.41, 5.74) is 2.35. The first-order valence-electron chi connectivity index (χ1n) is 7.04. The number of nitro benzene ring substituents is 1. The van der Waals surface area contributed by atoms with Crippen LogP contribution >= 0.6 is 23.1 Å². The second-order valence-electron chi connectivity index (χ2n) is 4.99. The third-order valence-electron chi connectivity index (χ3n) is 3.37. The number of ether oxygens (including phenoxy) is 1. The molecule has 0 spiro atoms. The maximum absolute atomic E-state index is 11.0. The Balaban J connectivity index is 1.86. The maximum Gasteiger partial charge on any atom is 0.269 e. The van der Waals surface area contributed by atoms with Gasteiger partial charge in [0.1, 0.15) is 22.4 Å². The lowest BCUT2D eigenvalue weighted by atomic mass is 10.0. The van der Waals surface area contributed by atoms with Crippen LogP contribution in [0.15, 0.2) is 48.5 Å². The van der Waals surface area contributed by atoms with Crippen molar-refractivity contribution in [3.63, 3.8) is 0 Å². The molecule has 0 aliphatic rings. The zero-order valence-corrected chi connectivity index (χ0v) is 14.0. The lowest BCUT2D eigenvalue weighted by Gasteiger charge is -2.11. The Morgan fingerprint density at radius 2 is 2.00 bits per heavy atom. The minimum Gasteiger partial charge on any atom is -0.487 e. The van der Waals surface area contributed by atoms with Crippen molar-refractivity contribution < 1.29 is 9.66 Å². The number of non-ortho nitro benzene ring substituents is 1. The Morgan fingerprint density at radius 1 is 1.21 bits per heavy atom. The monoisotopic (exact) mass is 361 g/mol. The average Bonchev–Trinajstić information content (AvgIpc) is 2.99. The zero-order valence-electron chi connectivity index (χ0n) is 12.4. The molecule has 122 valence electrons. The van der Waals surface area contributed by atoms with Gasteiger partial charge in [0.15, 0.2) is 0 Å². The number of aromatic nitrogens is 2. The van der Waals surface area contributed by atoms with Gasteiger partial charge in [-0.2, -0.15) is 0 Å². The first-order chi connectivity index (χ1) is 11.6. The van der Waals surface area contributed by atoms with Crippen LogP contribution in [0.2, 0.25) is 4.34 Å². The van der Waals surface area contributed by atoms with Crippen LogP contribution in [0.4, 0.5) is 5.69 Å². The molecule has 0 radical (unpaired) electrons. The van der Waals surface area contributed by atoms with E-state index >= 15 is 0 Å². The molecule has 2 aromatic carbocycles. The minimum absolute atomic E-state index is 0.0293. The molecule has 0 unspecified atom stereocenters. The molecule has 0 amide bonds. The van der Waals surface area contributed by atoms with E-state index in [-0.39, 0.29) is 12.3 Å². The summed E-state index contributed by atoms with van der Waals surface area (Å²) in [6.45, 7) is 0.162. The van der Waals surface area contributed by atoms with Crippen molar-refractivity contribution in [3.8, 4) is 5.75 Å². The van der Waals surface area contributed by atoms with E-state index in [1.54, 1.807) is 6.07 Å². The Morgan fingerprint density at radius 3 is 2.67 bits per heavy atom. The Hall–Kier alpha value is -2.51. The van der Waals surface area contributed by atoms with Gasteiger partial charge in [0.2, 0.25) is 0 Å². The number of rotatable bonds is 6. The molecule has 0 saturated heterocycles. The fraction of sp³-hybridized carbons (Fsp3) is 0.125. The van der Waals surface area contributed by atoms with E-state index in [9.17, 15) is 10.1 Å². The Labute approximate surface area is 147 Å². The molecule has 8 heteroatoms. The number of benzene rings is 2. The molecule has 3 aromatic rings. The van der Waals surface area contributed by atoms with E-state index < -0.39 is 4.92 Å². The first-order valence-corrected chi connectivity index (χ1v) is 8.19. The first kappa shape index (κ1) is 16.4. The summed E-state index contributed by atoms with van der Waals surface area (Å²) >= 11 is 7.05. The van der Waals surface area contributed by atoms with Crippen molar-refractivity contribution in [2.24, 2.45) is 0 Å². The number of hydrogen-bond donors (Lipinski definition) is 0. The molecule has 0 bridgehead atoms. The third-order valence-corrected chi connectivity index (χ3v) is 4.35. The van der Waals surface area contributed by atoms with Gasteiger partial charge in [0, 0.05) is 35.6 Å². The van der Waals surface area contributed by atoms with Crippen LogP contribution in [-0.4, -0.2) is 14.5 Å². The lowest BCUT2D eigenvalue weighted by molar-refractivity contribution is -0.384. The largest absolute Gasteiger partial charge is 0.487 e. The lowest BCUT2D eigenvalue weighted by Crippen LogP contribution is -2.01. The second-order valence-corrected chi connectivity index (χ2v) is 6.35. The predicted octanol–water partition coefficient (Wildman–Crippen LogP) is 4.27. The van der Waals surface area contributed by atoms with Gasteiger partial charge in [-0.3, -0.25) is 10.1 Å². The minimum atomic E-state index is -0.417. The van der Waals surface area contributed by atoms with Crippen molar-refractivity contribution in [3.05, 3.63) is 79.8 Å². The molecule has 1 aromatic heterocycles. The molecule has 0 aliphatic carbocycles. The normalized spacial score (nSPS) is 10.5. The van der Waals surface area contributed by atoms with Crippen molar-refractivity contribution in [2.45, 2.75) is 13.0 Å². The summed E-state index contributed by atoms with van der Waals surface area (Å²) in [6, 6.07) is 14.2. The highest BCUT2D eigenvalue weighted by Gasteiger charge is 2.14. The standard InChI is InChI=1S/C16H12ClN3O3S/c17-16-14(18-19-24-16)10-23-15-7-6-13(20(21)22)9-12(15)8-11-4-2-1-3-5-11/h1-7,9H,8,10H2. The smallest absolute Gasteiger partial charge is 0.269 e. The molecule has 24 heavy (non-hydrogen) atoms. The molecule has 1 heterocycles. The van der Waals surface area contributed by atoms with Gasteiger partial charge in [-0.05, 0) is 11.6 Å². The molecule has 0 N–H and O–H groups in total. The van der Waals surface area contributed by atoms with Gasteiger partial charge in [-0.25, -0.2) is 0 Å². The average molecular weight is 362 g/mol. The van der Waals surface area contributed by atoms with E-state index in [4.69, 9.17) is 16.3 Å². The summed E-state index contributed by atoms with van der Waals surface area (Å²) in [5.74, 6) is 0.563. The molecule has 6 nitrogen and oxygen atoms in total. The van der Waals surface area contributed by atoms with Crippen LogP contribution in [0, 0.1) is 10.1 Å². The van der Waals surface area contributed by atoms with Gasteiger partial charge >= 0.3 is 0 Å². The maximum atomic E-state index is 11.0. The zero-order chi connectivity index (χ0) is 16.9. The quantitative estimate of drug-likeness (QED) is 0.484. The summed E-state index contributed by atoms with van der Waals surface area (Å²) in [5, 5.41) is 14.9. The Kier molecular flexibility index (Phi) is 5.02. The summed E-state index contributed by atoms with van der Waals surface area (Å²) < 4.78 is 9.99. The predicted molar refractivity (Wildman–Crippen MR) is 91.6 cm³/mol. The highest BCUT2D eigenvalue weighted by atomic mass is 35.5. The van der Waals surface area contributed by atoms with Gasteiger partial charge < -0.3 is 4.74 Å². The fourth-order valence-electron chi connectivity index (χ4n) is 2.20. The topological polar surface area (TPSA) is 78.2 Å². The van der Waals surface area contributed by atoms with E-state index in [0.717, 1.165) is 22.7 Å². The van der Waals surface area contributed by atoms with Crippen molar-refractivity contribution in [1.82, 2.24) is 9.59 Å². The van der Waals surface area contributed by atoms with E-state index in [1.165, 1.54) is 12.1 Å². The van der Waals surface area contributed by atoms with Crippen LogP contribution in [0.3, 0.4) is 0 Å². The number of nitro groups is 1. The fourth-order valence-corrected chi connectivity index (χ4v) is 2.80. The van der Waals surface area contributed by atoms with Crippen molar-refractivity contribution >= 4 is 28.8 Å². The van der Waals surface area contributed by atoms with Crippen LogP contribution in [0.25, 0.3) is 0 Å². The van der Waals surface area contributed by atoms with Crippen molar-refractivity contribution in [1.29, 1.82) is 0 Å². The Bertz CT molecular complexity index is 855. The molecule has 0 fully saturated rings. The van der Waals surface area contributed by atoms with Crippen LogP contribution in [0.5, 0.6) is 5.75 Å². The number of halogens is 1. The van der Waals surface area contributed by atoms with Gasteiger partial charge in [0.05, 0.1) is 4.92 Å². The second kappa shape index (κ2) is 7.37. The highest BCUT2D eigenvalue weighted by Crippen LogP contribution is 2.28. The van der Waals surface area contributed by atoms with E-state index in [2.05, 4.69) is 9.59 Å².